The minimum atomic E-state index is 0.657. The SMILES string of the molecule is Cc1cccc(-c2ncccc2CCN)c1. The minimum absolute atomic E-state index is 0.657. The highest BCUT2D eigenvalue weighted by molar-refractivity contribution is 5.63. The maximum Gasteiger partial charge on any atom is 0.0734 e. The first-order valence-corrected chi connectivity index (χ1v) is 5.52. The second-order valence-corrected chi connectivity index (χ2v) is 3.92. The smallest absolute Gasteiger partial charge is 0.0734 e. The van der Waals surface area contributed by atoms with Gasteiger partial charge < -0.3 is 5.73 Å². The predicted molar refractivity (Wildman–Crippen MR) is 67.2 cm³/mol. The van der Waals surface area contributed by atoms with Crippen molar-refractivity contribution >= 4 is 0 Å². The number of pyridine rings is 1. The topological polar surface area (TPSA) is 38.9 Å². The van der Waals surface area contributed by atoms with Gasteiger partial charge in [-0.1, -0.05) is 29.8 Å². The van der Waals surface area contributed by atoms with Crippen molar-refractivity contribution in [1.82, 2.24) is 4.98 Å². The maximum atomic E-state index is 5.61. The van der Waals surface area contributed by atoms with E-state index in [1.807, 2.05) is 12.3 Å². The Balaban J connectivity index is 2.46. The lowest BCUT2D eigenvalue weighted by Gasteiger charge is -2.07. The van der Waals surface area contributed by atoms with E-state index in [1.54, 1.807) is 0 Å². The molecule has 0 unspecified atom stereocenters. The molecule has 2 heteroatoms. The number of nitrogens with zero attached hydrogens (tertiary/aromatic N) is 1. The highest BCUT2D eigenvalue weighted by atomic mass is 14.7. The Labute approximate surface area is 96.1 Å². The number of benzene rings is 1. The molecule has 16 heavy (non-hydrogen) atoms. The van der Waals surface area contributed by atoms with Gasteiger partial charge in [0.1, 0.15) is 0 Å². The lowest BCUT2D eigenvalue weighted by Crippen LogP contribution is -2.04. The third kappa shape index (κ3) is 2.28. The van der Waals surface area contributed by atoms with Crippen molar-refractivity contribution < 1.29 is 0 Å². The molecule has 0 amide bonds. The van der Waals surface area contributed by atoms with Gasteiger partial charge in [-0.3, -0.25) is 4.98 Å². The van der Waals surface area contributed by atoms with E-state index in [0.717, 1.165) is 12.1 Å². The Morgan fingerprint density at radius 1 is 1.19 bits per heavy atom. The summed E-state index contributed by atoms with van der Waals surface area (Å²) in [6.07, 6.45) is 2.70. The summed E-state index contributed by atoms with van der Waals surface area (Å²) in [5.41, 5.74) is 10.3. The summed E-state index contributed by atoms with van der Waals surface area (Å²) < 4.78 is 0. The summed E-state index contributed by atoms with van der Waals surface area (Å²) in [6.45, 7) is 2.75. The highest BCUT2D eigenvalue weighted by Crippen LogP contribution is 2.22. The molecule has 2 rings (SSSR count). The first-order chi connectivity index (χ1) is 7.81. The second kappa shape index (κ2) is 4.90. The average Bonchev–Trinajstić information content (AvgIpc) is 2.30. The van der Waals surface area contributed by atoms with Gasteiger partial charge in [0.2, 0.25) is 0 Å². The van der Waals surface area contributed by atoms with Crippen LogP contribution in [0.3, 0.4) is 0 Å². The van der Waals surface area contributed by atoms with Crippen LogP contribution in [0.4, 0.5) is 0 Å². The van der Waals surface area contributed by atoms with E-state index in [2.05, 4.69) is 42.2 Å². The van der Waals surface area contributed by atoms with Crippen LogP contribution in [0.5, 0.6) is 0 Å². The minimum Gasteiger partial charge on any atom is -0.330 e. The summed E-state index contributed by atoms with van der Waals surface area (Å²) >= 11 is 0. The van der Waals surface area contributed by atoms with Crippen LogP contribution in [0.2, 0.25) is 0 Å². The molecule has 2 N–H and O–H groups in total. The Hall–Kier alpha value is -1.67. The van der Waals surface area contributed by atoms with Crippen molar-refractivity contribution in [3.8, 4) is 11.3 Å². The molecule has 0 atom stereocenters. The monoisotopic (exact) mass is 212 g/mol. The van der Waals surface area contributed by atoms with Crippen LogP contribution in [0, 0.1) is 6.92 Å². The van der Waals surface area contributed by atoms with Gasteiger partial charge in [-0.05, 0) is 37.6 Å². The summed E-state index contributed by atoms with van der Waals surface area (Å²) in [4.78, 5) is 4.45. The molecule has 0 saturated heterocycles. The van der Waals surface area contributed by atoms with Gasteiger partial charge in [-0.15, -0.1) is 0 Å². The molecule has 0 bridgehead atoms. The van der Waals surface area contributed by atoms with Gasteiger partial charge in [-0.25, -0.2) is 0 Å². The summed E-state index contributed by atoms with van der Waals surface area (Å²) in [7, 11) is 0. The molecular weight excluding hydrogens is 196 g/mol. The van der Waals surface area contributed by atoms with Crippen LogP contribution >= 0.6 is 0 Å². The van der Waals surface area contributed by atoms with Crippen LogP contribution in [-0.2, 0) is 6.42 Å². The van der Waals surface area contributed by atoms with Gasteiger partial charge in [0.05, 0.1) is 5.69 Å². The van der Waals surface area contributed by atoms with Gasteiger partial charge in [0.15, 0.2) is 0 Å². The molecule has 0 fully saturated rings. The Morgan fingerprint density at radius 2 is 2.06 bits per heavy atom. The lowest BCUT2D eigenvalue weighted by atomic mass is 10.0. The van der Waals surface area contributed by atoms with Crippen LogP contribution in [0.15, 0.2) is 42.6 Å². The third-order valence-electron chi connectivity index (χ3n) is 2.60. The van der Waals surface area contributed by atoms with Crippen molar-refractivity contribution in [1.29, 1.82) is 0 Å². The molecule has 2 nitrogen and oxygen atoms in total. The fraction of sp³-hybridized carbons (Fsp3) is 0.214. The quantitative estimate of drug-likeness (QED) is 0.849. The zero-order chi connectivity index (χ0) is 11.4. The van der Waals surface area contributed by atoms with Crippen LogP contribution in [0.1, 0.15) is 11.1 Å². The van der Waals surface area contributed by atoms with Gasteiger partial charge in [-0.2, -0.15) is 0 Å². The highest BCUT2D eigenvalue weighted by Gasteiger charge is 2.05. The van der Waals surface area contributed by atoms with E-state index >= 15 is 0 Å². The Bertz CT molecular complexity index is 478. The summed E-state index contributed by atoms with van der Waals surface area (Å²) in [6, 6.07) is 12.5. The van der Waals surface area contributed by atoms with E-state index in [0.29, 0.717) is 6.54 Å². The molecule has 0 radical (unpaired) electrons. The van der Waals surface area contributed by atoms with Crippen molar-refractivity contribution in [3.05, 3.63) is 53.7 Å². The summed E-state index contributed by atoms with van der Waals surface area (Å²) in [5.74, 6) is 0. The standard InChI is InChI=1S/C14H16N2/c1-11-4-2-5-13(10-11)14-12(7-8-15)6-3-9-16-14/h2-6,9-10H,7-8,15H2,1H3. The molecule has 0 saturated carbocycles. The largest absolute Gasteiger partial charge is 0.330 e. The Morgan fingerprint density at radius 3 is 2.81 bits per heavy atom. The van der Waals surface area contributed by atoms with Crippen molar-refractivity contribution in [2.24, 2.45) is 5.73 Å². The molecule has 0 aliphatic heterocycles. The van der Waals surface area contributed by atoms with Crippen LogP contribution < -0.4 is 5.73 Å². The zero-order valence-electron chi connectivity index (χ0n) is 9.48. The molecule has 1 aromatic heterocycles. The van der Waals surface area contributed by atoms with Crippen LogP contribution in [-0.4, -0.2) is 11.5 Å². The van der Waals surface area contributed by atoms with Gasteiger partial charge >= 0.3 is 0 Å². The first kappa shape index (κ1) is 10.8. The molecule has 1 aromatic carbocycles. The van der Waals surface area contributed by atoms with Crippen LogP contribution in [0.25, 0.3) is 11.3 Å². The number of hydrogen-bond donors (Lipinski definition) is 1. The Kier molecular flexibility index (Phi) is 3.32. The van der Waals surface area contributed by atoms with Crippen molar-refractivity contribution in [3.63, 3.8) is 0 Å². The molecule has 1 heterocycles. The molecule has 82 valence electrons. The van der Waals surface area contributed by atoms with E-state index in [-0.39, 0.29) is 0 Å². The third-order valence-corrected chi connectivity index (χ3v) is 2.60. The maximum absolute atomic E-state index is 5.61. The fourth-order valence-electron chi connectivity index (χ4n) is 1.85. The molecule has 0 aliphatic carbocycles. The van der Waals surface area contributed by atoms with E-state index < -0.39 is 0 Å². The van der Waals surface area contributed by atoms with E-state index in [4.69, 9.17) is 5.73 Å². The predicted octanol–water partition coefficient (Wildman–Crippen LogP) is 2.56. The molecule has 0 aliphatic rings. The van der Waals surface area contributed by atoms with Crippen molar-refractivity contribution in [2.45, 2.75) is 13.3 Å². The molecule has 2 aromatic rings. The lowest BCUT2D eigenvalue weighted by molar-refractivity contribution is 0.961. The average molecular weight is 212 g/mol. The van der Waals surface area contributed by atoms with E-state index in [1.165, 1.54) is 16.7 Å². The van der Waals surface area contributed by atoms with Gasteiger partial charge in [0.25, 0.3) is 0 Å². The fourth-order valence-corrected chi connectivity index (χ4v) is 1.85. The van der Waals surface area contributed by atoms with E-state index in [9.17, 15) is 0 Å². The second-order valence-electron chi connectivity index (χ2n) is 3.92. The van der Waals surface area contributed by atoms with Gasteiger partial charge in [0, 0.05) is 11.8 Å². The normalized spacial score (nSPS) is 10.4. The first-order valence-electron chi connectivity index (χ1n) is 5.52. The number of rotatable bonds is 3. The number of hydrogen-bond acceptors (Lipinski definition) is 2. The number of nitrogens with two attached hydrogens (primary N) is 1. The van der Waals surface area contributed by atoms with Crippen molar-refractivity contribution in [2.75, 3.05) is 6.54 Å². The summed E-state index contributed by atoms with van der Waals surface area (Å²) in [5, 5.41) is 0. The number of aryl methyl sites for hydroxylation is 1. The number of aromatic nitrogens is 1. The molecule has 0 spiro atoms. The molecular formula is C14H16N2. The zero-order valence-corrected chi connectivity index (χ0v) is 9.48.